The highest BCUT2D eigenvalue weighted by molar-refractivity contribution is 7.16. The van der Waals surface area contributed by atoms with Crippen LogP contribution in [0.15, 0.2) is 40.8 Å². The zero-order valence-corrected chi connectivity index (χ0v) is 14.7. The summed E-state index contributed by atoms with van der Waals surface area (Å²) in [6.07, 6.45) is 1.43. The highest BCUT2D eigenvalue weighted by Crippen LogP contribution is 2.17. The van der Waals surface area contributed by atoms with Crippen LogP contribution in [-0.2, 0) is 11.3 Å². The van der Waals surface area contributed by atoms with E-state index < -0.39 is 0 Å². The Morgan fingerprint density at radius 3 is 2.83 bits per heavy atom. The fraction of sp³-hybridized carbons (Fsp3) is 0.278. The molecule has 0 aliphatic carbocycles. The lowest BCUT2D eigenvalue weighted by Gasteiger charge is -2.16. The molecule has 1 atom stereocenters. The van der Waals surface area contributed by atoms with Crippen LogP contribution in [0, 0.1) is 13.8 Å². The lowest BCUT2D eigenvalue weighted by molar-refractivity contribution is -0.122. The van der Waals surface area contributed by atoms with Gasteiger partial charge in [-0.2, -0.15) is 0 Å². The maximum Gasteiger partial charge on any atom is 0.262 e. The number of carbonyl (C=O) groups is 1. The molecule has 3 rings (SSSR count). The van der Waals surface area contributed by atoms with Gasteiger partial charge in [-0.25, -0.2) is 4.98 Å². The van der Waals surface area contributed by atoms with Gasteiger partial charge < -0.3 is 5.32 Å². The zero-order chi connectivity index (χ0) is 17.3. The number of aromatic nitrogens is 2. The lowest BCUT2D eigenvalue weighted by Crippen LogP contribution is -2.33. The molecule has 0 fully saturated rings. The molecule has 2 aromatic heterocycles. The molecule has 0 spiro atoms. The van der Waals surface area contributed by atoms with E-state index in [1.807, 2.05) is 24.4 Å². The fourth-order valence-electron chi connectivity index (χ4n) is 2.57. The first-order chi connectivity index (χ1) is 11.5. The Labute approximate surface area is 144 Å². The van der Waals surface area contributed by atoms with Crippen molar-refractivity contribution in [1.82, 2.24) is 14.9 Å². The average Bonchev–Trinajstić information content (AvgIpc) is 3.02. The SMILES string of the molecule is Cc1ccc([C@H](C)NC(=O)Cn2cnc3sccc3c2=O)cc1C. The summed E-state index contributed by atoms with van der Waals surface area (Å²) in [5.41, 5.74) is 3.27. The Morgan fingerprint density at radius 2 is 2.08 bits per heavy atom. The van der Waals surface area contributed by atoms with Crippen LogP contribution in [0.4, 0.5) is 0 Å². The Balaban J connectivity index is 1.73. The van der Waals surface area contributed by atoms with E-state index in [1.54, 1.807) is 6.07 Å². The molecule has 0 unspecified atom stereocenters. The van der Waals surface area contributed by atoms with Crippen LogP contribution in [0.25, 0.3) is 10.2 Å². The van der Waals surface area contributed by atoms with Gasteiger partial charge in [0.05, 0.1) is 17.8 Å². The van der Waals surface area contributed by atoms with Crippen molar-refractivity contribution in [3.05, 3.63) is 63.0 Å². The monoisotopic (exact) mass is 341 g/mol. The van der Waals surface area contributed by atoms with Crippen molar-refractivity contribution in [2.24, 2.45) is 0 Å². The van der Waals surface area contributed by atoms with Gasteiger partial charge in [0.1, 0.15) is 11.4 Å². The van der Waals surface area contributed by atoms with E-state index in [9.17, 15) is 9.59 Å². The quantitative estimate of drug-likeness (QED) is 0.793. The number of hydrogen-bond acceptors (Lipinski definition) is 4. The van der Waals surface area contributed by atoms with Crippen LogP contribution in [0.5, 0.6) is 0 Å². The number of fused-ring (bicyclic) bond motifs is 1. The topological polar surface area (TPSA) is 64.0 Å². The number of hydrogen-bond donors (Lipinski definition) is 1. The fourth-order valence-corrected chi connectivity index (χ4v) is 3.29. The number of nitrogens with zero attached hydrogens (tertiary/aromatic N) is 2. The summed E-state index contributed by atoms with van der Waals surface area (Å²) in [4.78, 5) is 29.5. The minimum absolute atomic E-state index is 0.0349. The van der Waals surface area contributed by atoms with E-state index in [0.29, 0.717) is 10.2 Å². The minimum atomic E-state index is -0.209. The molecule has 1 aromatic carbocycles. The van der Waals surface area contributed by atoms with Crippen LogP contribution in [0.2, 0.25) is 0 Å². The molecule has 0 radical (unpaired) electrons. The number of carbonyl (C=O) groups excluding carboxylic acids is 1. The van der Waals surface area contributed by atoms with E-state index in [2.05, 4.69) is 30.2 Å². The molecule has 0 aliphatic heterocycles. The lowest BCUT2D eigenvalue weighted by atomic mass is 10.0. The van der Waals surface area contributed by atoms with Gasteiger partial charge in [0, 0.05) is 0 Å². The molecule has 0 aliphatic rings. The molecule has 6 heteroatoms. The second-order valence-electron chi connectivity index (χ2n) is 5.95. The van der Waals surface area contributed by atoms with Gasteiger partial charge in [-0.3, -0.25) is 14.2 Å². The van der Waals surface area contributed by atoms with Gasteiger partial charge >= 0.3 is 0 Å². The Bertz CT molecular complexity index is 958. The van der Waals surface area contributed by atoms with E-state index >= 15 is 0 Å². The van der Waals surface area contributed by atoms with Crippen molar-refractivity contribution < 1.29 is 4.79 Å². The summed E-state index contributed by atoms with van der Waals surface area (Å²) in [5, 5.41) is 5.31. The third kappa shape index (κ3) is 3.23. The van der Waals surface area contributed by atoms with E-state index in [1.165, 1.54) is 33.4 Å². The van der Waals surface area contributed by atoms with Gasteiger partial charge in [-0.05, 0) is 48.9 Å². The van der Waals surface area contributed by atoms with E-state index in [4.69, 9.17) is 0 Å². The number of rotatable bonds is 4. The summed E-state index contributed by atoms with van der Waals surface area (Å²) in [7, 11) is 0. The third-order valence-corrected chi connectivity index (χ3v) is 4.99. The molecule has 3 aromatic rings. The molecule has 2 heterocycles. The van der Waals surface area contributed by atoms with Crippen LogP contribution in [0.3, 0.4) is 0 Å². The minimum Gasteiger partial charge on any atom is -0.348 e. The van der Waals surface area contributed by atoms with Crippen molar-refractivity contribution in [3.8, 4) is 0 Å². The number of amides is 1. The van der Waals surface area contributed by atoms with Crippen molar-refractivity contribution in [2.45, 2.75) is 33.4 Å². The van der Waals surface area contributed by atoms with E-state index in [-0.39, 0.29) is 24.1 Å². The Hall–Kier alpha value is -2.47. The molecule has 5 nitrogen and oxygen atoms in total. The van der Waals surface area contributed by atoms with E-state index in [0.717, 1.165) is 5.56 Å². The largest absolute Gasteiger partial charge is 0.348 e. The van der Waals surface area contributed by atoms with Gasteiger partial charge in [-0.15, -0.1) is 11.3 Å². The standard InChI is InChI=1S/C18H19N3O2S/c1-11-4-5-14(8-12(11)2)13(3)20-16(22)9-21-10-19-17-15(18(21)23)6-7-24-17/h4-8,10,13H,9H2,1-3H3,(H,20,22)/t13-/m0/s1. The molecule has 1 amide bonds. The van der Waals surface area contributed by atoms with Crippen LogP contribution in [0.1, 0.15) is 29.7 Å². The van der Waals surface area contributed by atoms with Crippen molar-refractivity contribution in [2.75, 3.05) is 0 Å². The normalized spacial score (nSPS) is 12.3. The third-order valence-electron chi connectivity index (χ3n) is 4.17. The summed E-state index contributed by atoms with van der Waals surface area (Å²) in [6.45, 7) is 6.01. The maximum atomic E-state index is 12.3. The Morgan fingerprint density at radius 1 is 1.29 bits per heavy atom. The predicted octanol–water partition coefficient (Wildman–Crippen LogP) is 2.95. The van der Waals surface area contributed by atoms with Gasteiger partial charge in [0.2, 0.25) is 5.91 Å². The molecule has 0 saturated carbocycles. The summed E-state index contributed by atoms with van der Waals surface area (Å²) in [5.74, 6) is -0.209. The molecule has 1 N–H and O–H groups in total. The molecule has 0 saturated heterocycles. The first-order valence-corrected chi connectivity index (χ1v) is 8.63. The first-order valence-electron chi connectivity index (χ1n) is 7.75. The van der Waals surface area contributed by atoms with Gasteiger partial charge in [0.25, 0.3) is 5.56 Å². The van der Waals surface area contributed by atoms with Crippen molar-refractivity contribution in [1.29, 1.82) is 0 Å². The highest BCUT2D eigenvalue weighted by atomic mass is 32.1. The van der Waals surface area contributed by atoms with Crippen LogP contribution >= 0.6 is 11.3 Å². The van der Waals surface area contributed by atoms with Crippen LogP contribution < -0.4 is 10.9 Å². The zero-order valence-electron chi connectivity index (χ0n) is 13.9. The number of nitrogens with one attached hydrogen (secondary N) is 1. The average molecular weight is 341 g/mol. The summed E-state index contributed by atoms with van der Waals surface area (Å²) < 4.78 is 1.34. The molecular formula is C18H19N3O2S. The predicted molar refractivity (Wildman–Crippen MR) is 96.4 cm³/mol. The van der Waals surface area contributed by atoms with Crippen molar-refractivity contribution >= 4 is 27.5 Å². The molecule has 0 bridgehead atoms. The van der Waals surface area contributed by atoms with Gasteiger partial charge in [0.15, 0.2) is 0 Å². The van der Waals surface area contributed by atoms with Crippen molar-refractivity contribution in [3.63, 3.8) is 0 Å². The van der Waals surface area contributed by atoms with Crippen LogP contribution in [-0.4, -0.2) is 15.5 Å². The number of benzene rings is 1. The molecule has 124 valence electrons. The Kier molecular flexibility index (Phi) is 4.49. The first kappa shape index (κ1) is 16.4. The number of aryl methyl sites for hydroxylation is 2. The highest BCUT2D eigenvalue weighted by Gasteiger charge is 2.13. The molecule has 24 heavy (non-hydrogen) atoms. The van der Waals surface area contributed by atoms with Gasteiger partial charge in [-0.1, -0.05) is 18.2 Å². The summed E-state index contributed by atoms with van der Waals surface area (Å²) >= 11 is 1.41. The second-order valence-corrected chi connectivity index (χ2v) is 6.84. The smallest absolute Gasteiger partial charge is 0.262 e. The second kappa shape index (κ2) is 6.57. The molecular weight excluding hydrogens is 322 g/mol. The maximum absolute atomic E-state index is 12.3. The summed E-state index contributed by atoms with van der Waals surface area (Å²) in [6, 6.07) is 7.75. The number of thiophene rings is 1.